The minimum absolute atomic E-state index is 0. The predicted molar refractivity (Wildman–Crippen MR) is 187 cm³/mol. The monoisotopic (exact) mass is 782 g/mol. The van der Waals surface area contributed by atoms with Gasteiger partial charge in [-0.05, 0) is 96.3 Å². The fourth-order valence-corrected chi connectivity index (χ4v) is 6.16. The first kappa shape index (κ1) is 33.0. The Hall–Kier alpha value is -4.33. The second-order valence-corrected chi connectivity index (χ2v) is 13.2. The molecule has 0 saturated heterocycles. The van der Waals surface area contributed by atoms with Gasteiger partial charge in [-0.3, -0.25) is 9.97 Å². The fraction of sp³-hybridized carbons (Fsp3) is 0.190. The number of hydrogen-bond acceptors (Lipinski definition) is 3. The maximum atomic E-state index is 10.7. The van der Waals surface area contributed by atoms with E-state index in [1.807, 2.05) is 36.5 Å². The summed E-state index contributed by atoms with van der Waals surface area (Å²) in [5.41, 5.74) is 15.7. The molecule has 0 aliphatic rings. The molecule has 0 spiro atoms. The van der Waals surface area contributed by atoms with Crippen LogP contribution < -0.4 is 0 Å². The van der Waals surface area contributed by atoms with Crippen molar-refractivity contribution in [2.24, 2.45) is 0 Å². The van der Waals surface area contributed by atoms with Gasteiger partial charge in [0.2, 0.25) is 0 Å². The van der Waals surface area contributed by atoms with Crippen LogP contribution in [0.3, 0.4) is 0 Å². The number of aromatic nitrogens is 2. The Balaban J connectivity index is 0.00000417. The Kier molecular flexibility index (Phi) is 9.47. The molecule has 2 heterocycles. The molecule has 0 aliphatic carbocycles. The molecule has 4 heteroatoms. The van der Waals surface area contributed by atoms with Crippen molar-refractivity contribution < 1.29 is 26.2 Å². The van der Waals surface area contributed by atoms with Gasteiger partial charge in [-0.1, -0.05) is 97.6 Å². The molecule has 0 atom stereocenters. The molecule has 0 aliphatic heterocycles. The SMILES string of the molecule is Cc1cc(C)cc(-c2cc(-c3[c-]c(-c4cc(-c5c(C)cc(C(C)(C)C)cc5C)ccn4)ccc3)nc(-c3ccccc3O)c2)c1.[Pt]. The van der Waals surface area contributed by atoms with Gasteiger partial charge in [-0.15, -0.1) is 24.3 Å². The predicted octanol–water partition coefficient (Wildman–Crippen LogP) is 10.8. The summed E-state index contributed by atoms with van der Waals surface area (Å²) in [6.45, 7) is 15.4. The Labute approximate surface area is 287 Å². The van der Waals surface area contributed by atoms with Crippen molar-refractivity contribution in [1.29, 1.82) is 0 Å². The van der Waals surface area contributed by atoms with Crippen molar-refractivity contribution in [2.75, 3.05) is 0 Å². The van der Waals surface area contributed by atoms with Crippen LogP contribution in [0.15, 0.2) is 103 Å². The second-order valence-electron chi connectivity index (χ2n) is 13.2. The standard InChI is InChI=1S/C42H39N2O.Pt/c1-26-17-27(2)19-33(18-26)34-24-38(44-39(25-34)36-13-8-9-14-40(36)45)31-12-10-11-30(22-31)37-23-32(15-16-43-37)41-28(3)20-35(21-29(41)4)42(5,6)7;/h8-21,23-25,45H,1-7H3;/q-1;. The normalized spacial score (nSPS) is 11.3. The first-order valence-electron chi connectivity index (χ1n) is 15.5. The maximum absolute atomic E-state index is 10.7. The van der Waals surface area contributed by atoms with Crippen molar-refractivity contribution >= 4 is 0 Å². The van der Waals surface area contributed by atoms with Gasteiger partial charge in [0, 0.05) is 44.2 Å². The van der Waals surface area contributed by atoms with Crippen molar-refractivity contribution in [1.82, 2.24) is 9.97 Å². The molecule has 0 amide bonds. The van der Waals surface area contributed by atoms with E-state index in [1.165, 1.54) is 33.4 Å². The molecule has 1 N–H and O–H groups in total. The van der Waals surface area contributed by atoms with Crippen LogP contribution in [0.1, 0.15) is 48.6 Å². The summed E-state index contributed by atoms with van der Waals surface area (Å²) in [6.07, 6.45) is 1.89. The number of hydrogen-bond donors (Lipinski definition) is 1. The van der Waals surface area contributed by atoms with Crippen molar-refractivity contribution in [2.45, 2.75) is 53.9 Å². The summed E-state index contributed by atoms with van der Waals surface area (Å²) in [6, 6.07) is 36.7. The quantitative estimate of drug-likeness (QED) is 0.177. The number of pyridine rings is 2. The van der Waals surface area contributed by atoms with Crippen LogP contribution in [0.25, 0.3) is 56.0 Å². The van der Waals surface area contributed by atoms with E-state index in [1.54, 1.807) is 6.07 Å². The van der Waals surface area contributed by atoms with Gasteiger partial charge in [0.1, 0.15) is 5.75 Å². The second kappa shape index (κ2) is 13.2. The average Bonchev–Trinajstić information content (AvgIpc) is 3.00. The van der Waals surface area contributed by atoms with Gasteiger partial charge in [-0.25, -0.2) is 0 Å². The first-order valence-corrected chi connectivity index (χ1v) is 15.5. The molecule has 46 heavy (non-hydrogen) atoms. The molecule has 0 unspecified atom stereocenters. The van der Waals surface area contributed by atoms with Crippen LogP contribution in [0.5, 0.6) is 5.75 Å². The summed E-state index contributed by atoms with van der Waals surface area (Å²) >= 11 is 0. The minimum Gasteiger partial charge on any atom is -0.507 e. The maximum Gasteiger partial charge on any atom is 0.124 e. The van der Waals surface area contributed by atoms with Crippen molar-refractivity contribution in [3.05, 3.63) is 137 Å². The third-order valence-electron chi connectivity index (χ3n) is 8.35. The van der Waals surface area contributed by atoms with E-state index in [4.69, 9.17) is 9.97 Å². The molecule has 0 fully saturated rings. The van der Waals surface area contributed by atoms with Crippen LogP contribution in [-0.2, 0) is 26.5 Å². The topological polar surface area (TPSA) is 46.0 Å². The number of nitrogens with zero attached hydrogens (tertiary/aromatic N) is 2. The number of para-hydroxylation sites is 1. The van der Waals surface area contributed by atoms with E-state index in [0.717, 1.165) is 39.2 Å². The van der Waals surface area contributed by atoms with E-state index in [2.05, 4.69) is 115 Å². The molecule has 234 valence electrons. The number of phenols is 1. The number of aryl methyl sites for hydroxylation is 4. The number of rotatable bonds is 5. The van der Waals surface area contributed by atoms with E-state index in [0.29, 0.717) is 11.3 Å². The number of benzene rings is 4. The summed E-state index contributed by atoms with van der Waals surface area (Å²) in [5.74, 6) is 0.202. The van der Waals surface area contributed by atoms with E-state index < -0.39 is 0 Å². The van der Waals surface area contributed by atoms with Crippen LogP contribution in [0.4, 0.5) is 0 Å². The molecule has 6 rings (SSSR count). The molecular weight excluding hydrogens is 744 g/mol. The van der Waals surface area contributed by atoms with Gasteiger partial charge >= 0.3 is 0 Å². The summed E-state index contributed by atoms with van der Waals surface area (Å²) in [4.78, 5) is 9.81. The van der Waals surface area contributed by atoms with Gasteiger partial charge in [0.05, 0.1) is 5.69 Å². The molecule has 3 nitrogen and oxygen atoms in total. The van der Waals surface area contributed by atoms with E-state index >= 15 is 0 Å². The molecule has 0 bridgehead atoms. The Morgan fingerprint density at radius 2 is 1.20 bits per heavy atom. The van der Waals surface area contributed by atoms with Gasteiger partial charge in [-0.2, -0.15) is 0 Å². The van der Waals surface area contributed by atoms with E-state index in [9.17, 15) is 5.11 Å². The largest absolute Gasteiger partial charge is 0.507 e. The Bertz CT molecular complexity index is 2010. The zero-order valence-corrected chi connectivity index (χ0v) is 29.7. The number of phenolic OH excluding ortho intramolecular Hbond substituents is 1. The molecule has 4 aromatic carbocycles. The van der Waals surface area contributed by atoms with Crippen LogP contribution in [-0.4, -0.2) is 15.1 Å². The third-order valence-corrected chi connectivity index (χ3v) is 8.35. The first-order chi connectivity index (χ1) is 21.5. The summed E-state index contributed by atoms with van der Waals surface area (Å²) in [5, 5.41) is 10.7. The van der Waals surface area contributed by atoms with Crippen LogP contribution in [0, 0.1) is 33.8 Å². The van der Waals surface area contributed by atoms with Gasteiger partial charge < -0.3 is 5.11 Å². The average molecular weight is 783 g/mol. The van der Waals surface area contributed by atoms with E-state index in [-0.39, 0.29) is 32.2 Å². The summed E-state index contributed by atoms with van der Waals surface area (Å²) in [7, 11) is 0. The van der Waals surface area contributed by atoms with Gasteiger partial charge in [0.25, 0.3) is 0 Å². The fourth-order valence-electron chi connectivity index (χ4n) is 6.16. The van der Waals surface area contributed by atoms with Crippen LogP contribution >= 0.6 is 0 Å². The zero-order chi connectivity index (χ0) is 31.9. The molecular formula is C42H39N2OPt-. The third kappa shape index (κ3) is 6.91. The Morgan fingerprint density at radius 1 is 0.609 bits per heavy atom. The van der Waals surface area contributed by atoms with Crippen molar-refractivity contribution in [3.63, 3.8) is 0 Å². The molecule has 0 saturated carbocycles. The smallest absolute Gasteiger partial charge is 0.124 e. The Morgan fingerprint density at radius 3 is 1.85 bits per heavy atom. The van der Waals surface area contributed by atoms with Crippen molar-refractivity contribution in [3.8, 4) is 61.8 Å². The minimum atomic E-state index is 0. The molecule has 0 radical (unpaired) electrons. The summed E-state index contributed by atoms with van der Waals surface area (Å²) < 4.78 is 0. The van der Waals surface area contributed by atoms with Crippen LogP contribution in [0.2, 0.25) is 0 Å². The molecule has 2 aromatic heterocycles. The zero-order valence-electron chi connectivity index (χ0n) is 27.5. The number of aromatic hydroxyl groups is 1. The molecule has 6 aromatic rings. The van der Waals surface area contributed by atoms with Gasteiger partial charge in [0.15, 0.2) is 0 Å².